The van der Waals surface area contributed by atoms with E-state index in [0.717, 1.165) is 30.8 Å². The van der Waals surface area contributed by atoms with Gasteiger partial charge in [0.15, 0.2) is 5.82 Å². The lowest BCUT2D eigenvalue weighted by Gasteiger charge is -2.38. The number of aryl methyl sites for hydroxylation is 2. The fourth-order valence-corrected chi connectivity index (χ4v) is 2.96. The SMILES string of the molecule is CCn1nc(-c2ccc(C)c(F)c2)nc1C1CC(N(C)C)C1. The molecule has 1 heterocycles. The number of halogens is 1. The number of rotatable bonds is 4. The summed E-state index contributed by atoms with van der Waals surface area (Å²) >= 11 is 0. The Balaban J connectivity index is 1.87. The van der Waals surface area contributed by atoms with Gasteiger partial charge in [-0.1, -0.05) is 12.1 Å². The van der Waals surface area contributed by atoms with E-state index in [9.17, 15) is 4.39 Å². The van der Waals surface area contributed by atoms with Crippen LogP contribution in [0.3, 0.4) is 0 Å². The molecule has 0 N–H and O–H groups in total. The first kappa shape index (κ1) is 15.2. The molecule has 0 bridgehead atoms. The van der Waals surface area contributed by atoms with E-state index in [0.29, 0.717) is 23.3 Å². The zero-order valence-electron chi connectivity index (χ0n) is 13.7. The molecule has 0 aliphatic heterocycles. The van der Waals surface area contributed by atoms with Gasteiger partial charge < -0.3 is 4.90 Å². The van der Waals surface area contributed by atoms with Gasteiger partial charge in [0.05, 0.1) is 0 Å². The van der Waals surface area contributed by atoms with Crippen LogP contribution in [0.25, 0.3) is 11.4 Å². The van der Waals surface area contributed by atoms with Gasteiger partial charge in [0.2, 0.25) is 0 Å². The summed E-state index contributed by atoms with van der Waals surface area (Å²) in [5.41, 5.74) is 1.40. The van der Waals surface area contributed by atoms with Gasteiger partial charge in [-0.15, -0.1) is 0 Å². The number of hydrogen-bond donors (Lipinski definition) is 0. The van der Waals surface area contributed by atoms with E-state index in [-0.39, 0.29) is 5.82 Å². The molecule has 1 aliphatic rings. The van der Waals surface area contributed by atoms with Gasteiger partial charge in [-0.3, -0.25) is 0 Å². The Kier molecular flexibility index (Phi) is 4.00. The number of nitrogens with zero attached hydrogens (tertiary/aromatic N) is 4. The lowest BCUT2D eigenvalue weighted by Crippen LogP contribution is -2.40. The van der Waals surface area contributed by atoms with Crippen LogP contribution >= 0.6 is 0 Å². The molecule has 0 spiro atoms. The molecule has 1 saturated carbocycles. The van der Waals surface area contributed by atoms with Gasteiger partial charge in [0, 0.05) is 24.1 Å². The van der Waals surface area contributed by atoms with Crippen LogP contribution in [-0.4, -0.2) is 39.8 Å². The molecule has 2 aromatic rings. The maximum absolute atomic E-state index is 13.8. The quantitative estimate of drug-likeness (QED) is 0.869. The summed E-state index contributed by atoms with van der Waals surface area (Å²) in [6, 6.07) is 5.83. The summed E-state index contributed by atoms with van der Waals surface area (Å²) in [5, 5.41) is 4.57. The first-order chi connectivity index (χ1) is 10.5. The first-order valence-electron chi connectivity index (χ1n) is 7.87. The Bertz CT molecular complexity index is 671. The second kappa shape index (κ2) is 5.80. The van der Waals surface area contributed by atoms with Gasteiger partial charge in [0.25, 0.3) is 0 Å². The van der Waals surface area contributed by atoms with Crippen LogP contribution in [0.1, 0.15) is 37.1 Å². The van der Waals surface area contributed by atoms with Crippen molar-refractivity contribution in [1.29, 1.82) is 0 Å². The summed E-state index contributed by atoms with van der Waals surface area (Å²) in [7, 11) is 4.23. The second-order valence-electron chi connectivity index (χ2n) is 6.36. The van der Waals surface area contributed by atoms with Crippen molar-refractivity contribution in [2.75, 3.05) is 14.1 Å². The van der Waals surface area contributed by atoms with E-state index in [1.54, 1.807) is 13.0 Å². The van der Waals surface area contributed by atoms with Gasteiger partial charge in [-0.05, 0) is 52.4 Å². The van der Waals surface area contributed by atoms with Gasteiger partial charge >= 0.3 is 0 Å². The van der Waals surface area contributed by atoms with Crippen LogP contribution in [0, 0.1) is 12.7 Å². The fraction of sp³-hybridized carbons (Fsp3) is 0.529. The predicted molar refractivity (Wildman–Crippen MR) is 85.3 cm³/mol. The van der Waals surface area contributed by atoms with Crippen LogP contribution < -0.4 is 0 Å². The molecule has 1 fully saturated rings. The van der Waals surface area contributed by atoms with Crippen molar-refractivity contribution in [3.63, 3.8) is 0 Å². The summed E-state index contributed by atoms with van der Waals surface area (Å²) in [5.74, 6) is 1.92. The van der Waals surface area contributed by atoms with Crippen molar-refractivity contribution in [2.24, 2.45) is 0 Å². The third-order valence-corrected chi connectivity index (χ3v) is 4.64. The molecule has 0 amide bonds. The molecule has 3 rings (SSSR count). The van der Waals surface area contributed by atoms with Crippen LogP contribution in [0.5, 0.6) is 0 Å². The van der Waals surface area contributed by atoms with Gasteiger partial charge in [0.1, 0.15) is 11.6 Å². The molecule has 118 valence electrons. The Morgan fingerprint density at radius 3 is 2.64 bits per heavy atom. The lowest BCUT2D eigenvalue weighted by atomic mass is 9.79. The third-order valence-electron chi connectivity index (χ3n) is 4.64. The highest BCUT2D eigenvalue weighted by Gasteiger charge is 2.35. The molecule has 0 unspecified atom stereocenters. The van der Waals surface area contributed by atoms with Crippen molar-refractivity contribution >= 4 is 0 Å². The molecule has 1 aromatic carbocycles. The fourth-order valence-electron chi connectivity index (χ4n) is 2.96. The second-order valence-corrected chi connectivity index (χ2v) is 6.36. The Morgan fingerprint density at radius 1 is 1.32 bits per heavy atom. The molecule has 0 atom stereocenters. The Morgan fingerprint density at radius 2 is 2.05 bits per heavy atom. The van der Waals surface area contributed by atoms with Crippen molar-refractivity contribution in [2.45, 2.75) is 45.2 Å². The van der Waals surface area contributed by atoms with Crippen LogP contribution in [0.4, 0.5) is 4.39 Å². The van der Waals surface area contributed by atoms with Crippen molar-refractivity contribution in [1.82, 2.24) is 19.7 Å². The third kappa shape index (κ3) is 2.65. The van der Waals surface area contributed by atoms with Gasteiger partial charge in [-0.2, -0.15) is 5.10 Å². The van der Waals surface area contributed by atoms with E-state index in [1.165, 1.54) is 6.07 Å². The van der Waals surface area contributed by atoms with E-state index in [4.69, 9.17) is 4.98 Å². The van der Waals surface area contributed by atoms with E-state index < -0.39 is 0 Å². The molecular weight excluding hydrogens is 279 g/mol. The maximum atomic E-state index is 13.8. The molecule has 0 radical (unpaired) electrons. The van der Waals surface area contributed by atoms with E-state index in [2.05, 4.69) is 31.0 Å². The van der Waals surface area contributed by atoms with Crippen LogP contribution in [0.15, 0.2) is 18.2 Å². The zero-order valence-corrected chi connectivity index (χ0v) is 13.7. The summed E-state index contributed by atoms with van der Waals surface area (Å²) < 4.78 is 15.7. The first-order valence-corrected chi connectivity index (χ1v) is 7.87. The average molecular weight is 302 g/mol. The highest BCUT2D eigenvalue weighted by atomic mass is 19.1. The minimum Gasteiger partial charge on any atom is -0.306 e. The van der Waals surface area contributed by atoms with Crippen molar-refractivity contribution in [3.05, 3.63) is 35.4 Å². The standard InChI is InChI=1S/C17H23FN4/c1-5-22-17(13-8-14(9-13)21(3)4)19-16(20-22)12-7-6-11(2)15(18)10-12/h6-7,10,13-14H,5,8-9H2,1-4H3. The highest BCUT2D eigenvalue weighted by Crippen LogP contribution is 2.38. The predicted octanol–water partition coefficient (Wildman–Crippen LogP) is 3.22. The minimum absolute atomic E-state index is 0.205. The summed E-state index contributed by atoms with van der Waals surface area (Å²) in [6.45, 7) is 4.62. The summed E-state index contributed by atoms with van der Waals surface area (Å²) in [6.07, 6.45) is 2.24. The molecule has 5 heteroatoms. The zero-order chi connectivity index (χ0) is 15.9. The summed E-state index contributed by atoms with van der Waals surface area (Å²) in [4.78, 5) is 6.97. The normalized spacial score (nSPS) is 21.2. The Labute approximate surface area is 131 Å². The topological polar surface area (TPSA) is 34.0 Å². The minimum atomic E-state index is -0.205. The van der Waals surface area contributed by atoms with Gasteiger partial charge in [-0.25, -0.2) is 14.1 Å². The molecule has 0 saturated heterocycles. The Hall–Kier alpha value is -1.75. The average Bonchev–Trinajstić information content (AvgIpc) is 2.83. The molecule has 4 nitrogen and oxygen atoms in total. The lowest BCUT2D eigenvalue weighted by molar-refractivity contribution is 0.159. The molecule has 1 aromatic heterocycles. The monoisotopic (exact) mass is 302 g/mol. The van der Waals surface area contributed by atoms with E-state index in [1.807, 2.05) is 10.7 Å². The largest absolute Gasteiger partial charge is 0.306 e. The highest BCUT2D eigenvalue weighted by molar-refractivity contribution is 5.55. The smallest absolute Gasteiger partial charge is 0.181 e. The van der Waals surface area contributed by atoms with Crippen molar-refractivity contribution < 1.29 is 4.39 Å². The maximum Gasteiger partial charge on any atom is 0.181 e. The van der Waals surface area contributed by atoms with Crippen LogP contribution in [-0.2, 0) is 6.54 Å². The van der Waals surface area contributed by atoms with Crippen LogP contribution in [0.2, 0.25) is 0 Å². The number of hydrogen-bond acceptors (Lipinski definition) is 3. The van der Waals surface area contributed by atoms with Crippen molar-refractivity contribution in [3.8, 4) is 11.4 Å². The number of aromatic nitrogens is 3. The molecule has 1 aliphatic carbocycles. The number of benzene rings is 1. The van der Waals surface area contributed by atoms with E-state index >= 15 is 0 Å². The molecular formula is C17H23FN4. The molecule has 22 heavy (non-hydrogen) atoms.